The van der Waals surface area contributed by atoms with Crippen molar-refractivity contribution in [3.05, 3.63) is 42.8 Å². The Kier molecular flexibility index (Phi) is 35.1. The number of rotatable bonds is 7. The fraction of sp³-hybridized carbons (Fsp3) is 0.682. The molecule has 0 aromatic heterocycles. The minimum Gasteiger partial charge on any atom is -0.396 e. The number of aliphatic hydroxyl groups excluding tert-OH is 3. The SMILES string of the molecule is CCCCO.CCCCO.CCCCO.[CH2-]C(C)(C)c1ccccc1.[Zr]. The van der Waals surface area contributed by atoms with Crippen LogP contribution in [-0.4, -0.2) is 35.1 Å². The predicted molar refractivity (Wildman–Crippen MR) is 111 cm³/mol. The summed E-state index contributed by atoms with van der Waals surface area (Å²) in [6.45, 7) is 15.5. The summed E-state index contributed by atoms with van der Waals surface area (Å²) in [5.74, 6) is 0. The van der Waals surface area contributed by atoms with Crippen molar-refractivity contribution < 1.29 is 41.5 Å². The molecular formula is C22H43O3Zr-. The normalized spacial score (nSPS) is 9.27. The van der Waals surface area contributed by atoms with Crippen molar-refractivity contribution in [3.8, 4) is 0 Å². The molecule has 154 valence electrons. The summed E-state index contributed by atoms with van der Waals surface area (Å²) in [7, 11) is 0. The van der Waals surface area contributed by atoms with Crippen molar-refractivity contribution in [1.82, 2.24) is 0 Å². The van der Waals surface area contributed by atoms with E-state index in [4.69, 9.17) is 15.3 Å². The standard InChI is InChI=1S/C10H13.3C4H10O.Zr/c1-10(2,3)9-7-5-4-6-8-9;3*1-2-3-4-5;/h4-8H,1H2,2-3H3;3*5H,2-4H2,1H3;/q-1;;;;. The molecule has 3 N–H and O–H groups in total. The zero-order valence-electron chi connectivity index (χ0n) is 17.8. The molecule has 4 heteroatoms. The largest absolute Gasteiger partial charge is 0.396 e. The van der Waals surface area contributed by atoms with Gasteiger partial charge < -0.3 is 22.2 Å². The summed E-state index contributed by atoms with van der Waals surface area (Å²) in [6.07, 6.45) is 6.11. The molecule has 0 heterocycles. The van der Waals surface area contributed by atoms with Crippen LogP contribution in [0.3, 0.4) is 0 Å². The van der Waals surface area contributed by atoms with Crippen LogP contribution in [0.5, 0.6) is 0 Å². The molecule has 0 unspecified atom stereocenters. The molecule has 0 saturated heterocycles. The summed E-state index contributed by atoms with van der Waals surface area (Å²) in [5, 5.41) is 24.2. The third-order valence-corrected chi connectivity index (χ3v) is 3.09. The van der Waals surface area contributed by atoms with E-state index in [0.29, 0.717) is 19.8 Å². The second-order valence-corrected chi connectivity index (χ2v) is 6.48. The summed E-state index contributed by atoms with van der Waals surface area (Å²) in [5.41, 5.74) is 1.33. The Bertz CT molecular complexity index is 304. The third kappa shape index (κ3) is 31.7. The van der Waals surface area contributed by atoms with E-state index in [1.807, 2.05) is 18.2 Å². The summed E-state index contributed by atoms with van der Waals surface area (Å²) in [6, 6.07) is 10.3. The van der Waals surface area contributed by atoms with Gasteiger partial charge in [-0.25, -0.2) is 0 Å². The van der Waals surface area contributed by atoms with Crippen molar-refractivity contribution in [1.29, 1.82) is 0 Å². The first kappa shape index (κ1) is 33.6. The summed E-state index contributed by atoms with van der Waals surface area (Å²) >= 11 is 0. The van der Waals surface area contributed by atoms with Crippen LogP contribution < -0.4 is 0 Å². The van der Waals surface area contributed by atoms with Gasteiger partial charge in [0.25, 0.3) is 0 Å². The second-order valence-electron chi connectivity index (χ2n) is 6.48. The molecule has 0 atom stereocenters. The Balaban J connectivity index is -0.000000132. The Morgan fingerprint density at radius 2 is 1.04 bits per heavy atom. The summed E-state index contributed by atoms with van der Waals surface area (Å²) in [4.78, 5) is 0. The molecule has 0 spiro atoms. The fourth-order valence-corrected chi connectivity index (χ4v) is 1.36. The van der Waals surface area contributed by atoms with Gasteiger partial charge in [-0.1, -0.05) is 89.8 Å². The van der Waals surface area contributed by atoms with Crippen molar-refractivity contribution >= 4 is 0 Å². The third-order valence-electron chi connectivity index (χ3n) is 3.09. The number of benzene rings is 1. The fourth-order valence-electron chi connectivity index (χ4n) is 1.36. The molecule has 1 rings (SSSR count). The Labute approximate surface area is 182 Å². The number of unbranched alkanes of at least 4 members (excludes halogenated alkanes) is 3. The van der Waals surface area contributed by atoms with Gasteiger partial charge in [-0.05, 0) is 19.3 Å². The molecule has 1 aromatic rings. The first-order valence-electron chi connectivity index (χ1n) is 9.58. The van der Waals surface area contributed by atoms with Crippen LogP contribution in [0, 0.1) is 6.92 Å². The Hall–Kier alpha value is -0.0169. The van der Waals surface area contributed by atoms with Crippen LogP contribution in [0.1, 0.15) is 78.7 Å². The molecule has 26 heavy (non-hydrogen) atoms. The average Bonchev–Trinajstić information content (AvgIpc) is 2.59. The number of aliphatic hydroxyl groups is 3. The van der Waals surface area contributed by atoms with Crippen LogP contribution in [0.25, 0.3) is 0 Å². The van der Waals surface area contributed by atoms with Crippen molar-refractivity contribution in [2.45, 2.75) is 78.6 Å². The van der Waals surface area contributed by atoms with Gasteiger partial charge in [-0.15, -0.1) is 5.41 Å². The van der Waals surface area contributed by atoms with Crippen molar-refractivity contribution in [2.75, 3.05) is 19.8 Å². The Morgan fingerprint density at radius 3 is 1.15 bits per heavy atom. The van der Waals surface area contributed by atoms with Gasteiger partial charge in [0.1, 0.15) is 0 Å². The maximum absolute atomic E-state index is 8.07. The first-order valence-corrected chi connectivity index (χ1v) is 9.58. The van der Waals surface area contributed by atoms with Crippen molar-refractivity contribution in [2.24, 2.45) is 0 Å². The van der Waals surface area contributed by atoms with Gasteiger partial charge in [0.2, 0.25) is 0 Å². The zero-order valence-corrected chi connectivity index (χ0v) is 20.3. The van der Waals surface area contributed by atoms with E-state index in [9.17, 15) is 0 Å². The van der Waals surface area contributed by atoms with Crippen LogP contribution in [0.15, 0.2) is 30.3 Å². The molecule has 0 fully saturated rings. The van der Waals surface area contributed by atoms with E-state index in [-0.39, 0.29) is 31.6 Å². The van der Waals surface area contributed by atoms with Gasteiger partial charge >= 0.3 is 0 Å². The average molecular weight is 447 g/mol. The molecule has 0 aliphatic heterocycles. The monoisotopic (exact) mass is 445 g/mol. The van der Waals surface area contributed by atoms with Gasteiger partial charge in [-0.3, -0.25) is 0 Å². The van der Waals surface area contributed by atoms with Crippen LogP contribution in [-0.2, 0) is 31.6 Å². The molecule has 0 aliphatic rings. The quantitative estimate of drug-likeness (QED) is 0.509. The number of hydrogen-bond acceptors (Lipinski definition) is 3. The van der Waals surface area contributed by atoms with E-state index in [2.05, 4.69) is 53.7 Å². The number of hydrogen-bond donors (Lipinski definition) is 3. The topological polar surface area (TPSA) is 60.7 Å². The zero-order chi connectivity index (χ0) is 20.0. The molecular weight excluding hydrogens is 403 g/mol. The second kappa shape index (κ2) is 27.2. The van der Waals surface area contributed by atoms with E-state index < -0.39 is 0 Å². The molecule has 0 bridgehead atoms. The van der Waals surface area contributed by atoms with Crippen LogP contribution >= 0.6 is 0 Å². The summed E-state index contributed by atoms with van der Waals surface area (Å²) < 4.78 is 0. The van der Waals surface area contributed by atoms with Gasteiger partial charge in [0.15, 0.2) is 0 Å². The molecule has 0 saturated carbocycles. The molecule has 0 radical (unpaired) electrons. The van der Waals surface area contributed by atoms with Crippen LogP contribution in [0.2, 0.25) is 0 Å². The van der Waals surface area contributed by atoms with Gasteiger partial charge in [-0.2, -0.15) is 0 Å². The minimum absolute atomic E-state index is 0. The first-order chi connectivity index (χ1) is 11.8. The minimum atomic E-state index is 0. The van der Waals surface area contributed by atoms with E-state index in [1.165, 1.54) is 5.56 Å². The molecule has 1 aromatic carbocycles. The maximum atomic E-state index is 8.07. The van der Waals surface area contributed by atoms with E-state index in [1.54, 1.807) is 0 Å². The van der Waals surface area contributed by atoms with Crippen LogP contribution in [0.4, 0.5) is 0 Å². The van der Waals surface area contributed by atoms with Gasteiger partial charge in [0.05, 0.1) is 0 Å². The van der Waals surface area contributed by atoms with E-state index in [0.717, 1.165) is 38.5 Å². The predicted octanol–water partition coefficient (Wildman–Crippen LogP) is 5.13. The van der Waals surface area contributed by atoms with E-state index >= 15 is 0 Å². The molecule has 3 nitrogen and oxygen atoms in total. The molecule has 0 amide bonds. The van der Waals surface area contributed by atoms with Crippen molar-refractivity contribution in [3.63, 3.8) is 0 Å². The molecule has 0 aliphatic carbocycles. The smallest absolute Gasteiger partial charge is 0.0430 e. The Morgan fingerprint density at radius 1 is 0.731 bits per heavy atom. The van der Waals surface area contributed by atoms with Gasteiger partial charge in [0, 0.05) is 46.0 Å². The maximum Gasteiger partial charge on any atom is 0.0430 e.